The van der Waals surface area contributed by atoms with Crippen LogP contribution in [0.1, 0.15) is 43.5 Å². The molecule has 0 aliphatic heterocycles. The molecule has 23 heavy (non-hydrogen) atoms. The van der Waals surface area contributed by atoms with E-state index in [0.717, 1.165) is 6.42 Å². The van der Waals surface area contributed by atoms with Crippen LogP contribution in [0.2, 0.25) is 0 Å². The highest BCUT2D eigenvalue weighted by Gasteiger charge is 2.19. The first-order valence-electron chi connectivity index (χ1n) is 7.32. The van der Waals surface area contributed by atoms with Gasteiger partial charge in [0.15, 0.2) is 15.7 Å². The van der Waals surface area contributed by atoms with Gasteiger partial charge in [-0.25, -0.2) is 13.4 Å². The lowest BCUT2D eigenvalue weighted by Crippen LogP contribution is -2.15. The number of hydrogen-bond donors (Lipinski definition) is 1. The lowest BCUT2D eigenvalue weighted by Gasteiger charge is -2.02. The van der Waals surface area contributed by atoms with Gasteiger partial charge >= 0.3 is 0 Å². The third-order valence-electron chi connectivity index (χ3n) is 3.08. The van der Waals surface area contributed by atoms with Crippen LogP contribution in [0.4, 0.5) is 0 Å². The van der Waals surface area contributed by atoms with Gasteiger partial charge in [-0.1, -0.05) is 19.0 Å². The third-order valence-corrected chi connectivity index (χ3v) is 4.50. The molecule has 1 N–H and O–H groups in total. The number of sulfone groups is 1. The van der Waals surface area contributed by atoms with Crippen LogP contribution in [0.3, 0.4) is 0 Å². The molecule has 2 aromatic rings. The molecular weight excluding hydrogens is 320 g/mol. The van der Waals surface area contributed by atoms with Crippen molar-refractivity contribution >= 4 is 9.84 Å². The van der Waals surface area contributed by atoms with Crippen molar-refractivity contribution in [3.63, 3.8) is 0 Å². The van der Waals surface area contributed by atoms with Gasteiger partial charge in [-0.05, 0) is 19.3 Å². The van der Waals surface area contributed by atoms with Crippen molar-refractivity contribution in [1.82, 2.24) is 20.1 Å². The highest BCUT2D eigenvalue weighted by molar-refractivity contribution is 7.89. The number of aryl methyl sites for hydroxylation is 2. The van der Waals surface area contributed by atoms with Gasteiger partial charge in [0.1, 0.15) is 11.6 Å². The van der Waals surface area contributed by atoms with E-state index in [1.807, 2.05) is 0 Å². The Kier molecular flexibility index (Phi) is 5.30. The monoisotopic (exact) mass is 340 g/mol. The zero-order valence-corrected chi connectivity index (χ0v) is 14.2. The Morgan fingerprint density at radius 1 is 1.26 bits per heavy atom. The molecule has 0 atom stereocenters. The normalized spacial score (nSPS) is 12.0. The van der Waals surface area contributed by atoms with E-state index in [1.54, 1.807) is 6.92 Å². The number of rotatable bonds is 7. The van der Waals surface area contributed by atoms with E-state index in [1.165, 1.54) is 6.07 Å². The Morgan fingerprint density at radius 2 is 2.00 bits per heavy atom. The number of hydrogen-bond acceptors (Lipinski definition) is 7. The van der Waals surface area contributed by atoms with Gasteiger partial charge in [0.25, 0.3) is 5.56 Å². The van der Waals surface area contributed by atoms with Crippen LogP contribution in [0.5, 0.6) is 0 Å². The second kappa shape index (κ2) is 7.03. The van der Waals surface area contributed by atoms with Crippen molar-refractivity contribution in [1.29, 1.82) is 0 Å². The molecule has 0 bridgehead atoms. The summed E-state index contributed by atoms with van der Waals surface area (Å²) in [5, 5.41) is 3.79. The van der Waals surface area contributed by atoms with E-state index in [9.17, 15) is 13.2 Å². The summed E-state index contributed by atoms with van der Waals surface area (Å²) in [7, 11) is -3.55. The summed E-state index contributed by atoms with van der Waals surface area (Å²) >= 11 is 0. The number of nitrogens with one attached hydrogen (secondary N) is 1. The van der Waals surface area contributed by atoms with Crippen LogP contribution >= 0.6 is 0 Å². The molecule has 2 heterocycles. The Labute approximate surface area is 134 Å². The summed E-state index contributed by atoms with van der Waals surface area (Å²) in [6.45, 7) is 5.76. The quantitative estimate of drug-likeness (QED) is 0.803. The first kappa shape index (κ1) is 17.3. The molecule has 0 spiro atoms. The van der Waals surface area contributed by atoms with Gasteiger partial charge in [-0.15, -0.1) is 0 Å². The Morgan fingerprint density at radius 3 is 2.65 bits per heavy atom. The zero-order chi connectivity index (χ0) is 17.0. The Balaban J connectivity index is 2.04. The summed E-state index contributed by atoms with van der Waals surface area (Å²) in [5.41, 5.74) is -0.178. The van der Waals surface area contributed by atoms with E-state index < -0.39 is 9.84 Å². The van der Waals surface area contributed by atoms with Crippen molar-refractivity contribution in [2.45, 2.75) is 45.1 Å². The summed E-state index contributed by atoms with van der Waals surface area (Å²) in [6.07, 6.45) is 1.55. The molecule has 0 saturated heterocycles. The van der Waals surface area contributed by atoms with Crippen LogP contribution in [-0.2, 0) is 27.8 Å². The molecule has 8 nitrogen and oxygen atoms in total. The van der Waals surface area contributed by atoms with E-state index in [2.05, 4.69) is 34.0 Å². The van der Waals surface area contributed by atoms with Gasteiger partial charge in [-0.3, -0.25) is 4.79 Å². The molecule has 0 saturated carbocycles. The summed E-state index contributed by atoms with van der Waals surface area (Å²) < 4.78 is 29.4. The van der Waals surface area contributed by atoms with Crippen molar-refractivity contribution in [3.05, 3.63) is 39.7 Å². The Bertz CT molecular complexity index is 823. The number of aromatic nitrogens is 4. The van der Waals surface area contributed by atoms with E-state index >= 15 is 0 Å². The van der Waals surface area contributed by atoms with E-state index in [-0.39, 0.29) is 28.6 Å². The molecule has 9 heteroatoms. The predicted molar refractivity (Wildman–Crippen MR) is 83.4 cm³/mol. The lowest BCUT2D eigenvalue weighted by atomic mass is 10.1. The molecule has 0 fully saturated rings. The topological polar surface area (TPSA) is 119 Å². The van der Waals surface area contributed by atoms with Crippen LogP contribution in [-0.4, -0.2) is 28.5 Å². The fraction of sp³-hybridized carbons (Fsp3) is 0.571. The van der Waals surface area contributed by atoms with Crippen molar-refractivity contribution in [2.75, 3.05) is 0 Å². The molecule has 2 aromatic heterocycles. The summed E-state index contributed by atoms with van der Waals surface area (Å²) in [4.78, 5) is 21.9. The molecule has 0 unspecified atom stereocenters. The van der Waals surface area contributed by atoms with Gasteiger partial charge in [0.2, 0.25) is 5.89 Å². The average Bonchev–Trinajstić information content (AvgIpc) is 2.81. The molecule has 0 radical (unpaired) electrons. The maximum atomic E-state index is 12.2. The molecule has 0 aliphatic carbocycles. The average molecular weight is 340 g/mol. The van der Waals surface area contributed by atoms with Crippen molar-refractivity contribution in [2.24, 2.45) is 5.92 Å². The van der Waals surface area contributed by atoms with Crippen molar-refractivity contribution < 1.29 is 12.9 Å². The molecule has 126 valence electrons. The van der Waals surface area contributed by atoms with Gasteiger partial charge in [0.05, 0.1) is 11.4 Å². The SMILES string of the molecule is Cc1nc(CS(=O)(=O)Cc2nc(CCC(C)C)no2)cc(=O)[nH]1. The van der Waals surface area contributed by atoms with E-state index in [0.29, 0.717) is 24.0 Å². The van der Waals surface area contributed by atoms with Crippen LogP contribution < -0.4 is 5.56 Å². The molecule has 0 aromatic carbocycles. The number of aromatic amines is 1. The summed E-state index contributed by atoms with van der Waals surface area (Å²) in [5.74, 6) is 0.735. The smallest absolute Gasteiger partial charge is 0.251 e. The molecule has 2 rings (SSSR count). The highest BCUT2D eigenvalue weighted by atomic mass is 32.2. The minimum absolute atomic E-state index is 0.0605. The second-order valence-corrected chi connectivity index (χ2v) is 7.96. The second-order valence-electron chi connectivity index (χ2n) is 5.89. The van der Waals surface area contributed by atoms with E-state index in [4.69, 9.17) is 4.52 Å². The van der Waals surface area contributed by atoms with Gasteiger partial charge in [0, 0.05) is 12.5 Å². The molecule has 0 amide bonds. The van der Waals surface area contributed by atoms with Crippen LogP contribution in [0.15, 0.2) is 15.4 Å². The third kappa shape index (κ3) is 5.59. The maximum absolute atomic E-state index is 12.2. The van der Waals surface area contributed by atoms with Crippen LogP contribution in [0, 0.1) is 12.8 Å². The maximum Gasteiger partial charge on any atom is 0.251 e. The first-order valence-corrected chi connectivity index (χ1v) is 9.14. The number of H-pyrrole nitrogens is 1. The van der Waals surface area contributed by atoms with Crippen LogP contribution in [0.25, 0.3) is 0 Å². The zero-order valence-electron chi connectivity index (χ0n) is 13.4. The summed E-state index contributed by atoms with van der Waals surface area (Å²) in [6, 6.07) is 1.17. The minimum Gasteiger partial charge on any atom is -0.338 e. The predicted octanol–water partition coefficient (Wildman–Crippen LogP) is 1.16. The van der Waals surface area contributed by atoms with Crippen molar-refractivity contribution in [3.8, 4) is 0 Å². The highest BCUT2D eigenvalue weighted by Crippen LogP contribution is 2.11. The largest absolute Gasteiger partial charge is 0.338 e. The molecular formula is C14H20N4O4S. The fourth-order valence-electron chi connectivity index (χ4n) is 2.05. The Hall–Kier alpha value is -2.03. The minimum atomic E-state index is -3.55. The van der Waals surface area contributed by atoms with Gasteiger partial charge < -0.3 is 9.51 Å². The first-order chi connectivity index (χ1) is 10.7. The number of nitrogens with zero attached hydrogens (tertiary/aromatic N) is 3. The lowest BCUT2D eigenvalue weighted by molar-refractivity contribution is 0.381. The standard InChI is InChI=1S/C14H20N4O4S/c1-9(2)4-5-12-17-14(22-18-12)8-23(20,21)7-11-6-13(19)16-10(3)15-11/h6,9H,4-5,7-8H2,1-3H3,(H,15,16,19). The molecule has 0 aliphatic rings. The van der Waals surface area contributed by atoms with Gasteiger partial charge in [-0.2, -0.15) is 4.98 Å². The fourth-order valence-corrected chi connectivity index (χ4v) is 3.24.